The van der Waals surface area contributed by atoms with Gasteiger partial charge < -0.3 is 10.1 Å². The van der Waals surface area contributed by atoms with Crippen molar-refractivity contribution in [1.29, 1.82) is 0 Å². The smallest absolute Gasteiger partial charge is 0.225 e. The number of benzene rings is 1. The number of aromatic nitrogens is 2. The molecule has 1 atom stereocenters. The maximum Gasteiger partial charge on any atom is 0.225 e. The molecule has 0 aliphatic carbocycles. The minimum atomic E-state index is -0.0736. The van der Waals surface area contributed by atoms with E-state index in [0.29, 0.717) is 34.6 Å². The maximum atomic E-state index is 12.2. The zero-order valence-corrected chi connectivity index (χ0v) is 14.7. The van der Waals surface area contributed by atoms with Crippen LogP contribution in [0, 0.1) is 5.92 Å². The molecule has 1 saturated heterocycles. The number of nitrogens with one attached hydrogen (secondary N) is 1. The van der Waals surface area contributed by atoms with Crippen molar-refractivity contribution in [3.63, 3.8) is 0 Å². The van der Waals surface area contributed by atoms with Crippen molar-refractivity contribution >= 4 is 34.9 Å². The summed E-state index contributed by atoms with van der Waals surface area (Å²) < 4.78 is 7.21. The Labute approximate surface area is 150 Å². The molecule has 0 saturated carbocycles. The van der Waals surface area contributed by atoms with Gasteiger partial charge >= 0.3 is 0 Å². The highest BCUT2D eigenvalue weighted by molar-refractivity contribution is 6.42. The molecule has 1 N–H and O–H groups in total. The number of hydrogen-bond acceptors (Lipinski definition) is 3. The fourth-order valence-electron chi connectivity index (χ4n) is 2.75. The van der Waals surface area contributed by atoms with Crippen molar-refractivity contribution in [2.45, 2.75) is 25.8 Å². The van der Waals surface area contributed by atoms with Crippen LogP contribution < -0.4 is 5.32 Å². The standard InChI is InChI=1S/C17H19Cl2N3O2/c18-14-3-1-2-13(17(14)19)4-5-16(23)21-15-6-8-20-22(15)10-12-7-9-24-11-12/h1-3,6,8,12H,4-5,7,9-11H2,(H,21,23)/t12-/m1/s1. The van der Waals surface area contributed by atoms with Gasteiger partial charge in [-0.2, -0.15) is 5.10 Å². The minimum Gasteiger partial charge on any atom is -0.381 e. The van der Waals surface area contributed by atoms with Gasteiger partial charge in [-0.3, -0.25) is 4.79 Å². The second-order valence-electron chi connectivity index (χ2n) is 5.89. The molecule has 1 aromatic heterocycles. The van der Waals surface area contributed by atoms with Gasteiger partial charge in [-0.15, -0.1) is 0 Å². The number of nitrogens with zero attached hydrogens (tertiary/aromatic N) is 2. The molecule has 128 valence electrons. The number of ether oxygens (including phenoxy) is 1. The van der Waals surface area contributed by atoms with Crippen molar-refractivity contribution in [1.82, 2.24) is 9.78 Å². The number of carbonyl (C=O) groups is 1. The van der Waals surface area contributed by atoms with Crippen molar-refractivity contribution in [2.75, 3.05) is 18.5 Å². The molecule has 1 aliphatic heterocycles. The lowest BCUT2D eigenvalue weighted by molar-refractivity contribution is -0.116. The number of rotatable bonds is 6. The molecular formula is C17H19Cl2N3O2. The minimum absolute atomic E-state index is 0.0736. The third kappa shape index (κ3) is 4.29. The Hall–Kier alpha value is -1.56. The number of anilines is 1. The Balaban J connectivity index is 1.55. The van der Waals surface area contributed by atoms with Crippen LogP contribution in [0.25, 0.3) is 0 Å². The first kappa shape index (κ1) is 17.3. The number of hydrogen-bond donors (Lipinski definition) is 1. The van der Waals surface area contributed by atoms with Gasteiger partial charge in [0, 0.05) is 31.6 Å². The van der Waals surface area contributed by atoms with E-state index in [0.717, 1.165) is 31.7 Å². The summed E-state index contributed by atoms with van der Waals surface area (Å²) in [6.07, 6.45) is 3.59. The zero-order chi connectivity index (χ0) is 16.9. The molecule has 0 bridgehead atoms. The predicted molar refractivity (Wildman–Crippen MR) is 94.6 cm³/mol. The lowest BCUT2D eigenvalue weighted by Crippen LogP contribution is -2.19. The van der Waals surface area contributed by atoms with Crippen molar-refractivity contribution in [3.8, 4) is 0 Å². The average Bonchev–Trinajstić information content (AvgIpc) is 3.22. The zero-order valence-electron chi connectivity index (χ0n) is 13.2. The fraction of sp³-hybridized carbons (Fsp3) is 0.412. The second-order valence-corrected chi connectivity index (χ2v) is 6.67. The Morgan fingerprint density at radius 3 is 3.04 bits per heavy atom. The predicted octanol–water partition coefficient (Wildman–Crippen LogP) is 3.80. The van der Waals surface area contributed by atoms with Gasteiger partial charge in [-0.05, 0) is 24.5 Å². The molecule has 0 unspecified atom stereocenters. The van der Waals surface area contributed by atoms with Gasteiger partial charge in [0.15, 0.2) is 0 Å². The van der Waals surface area contributed by atoms with Crippen LogP contribution in [0.2, 0.25) is 10.0 Å². The van der Waals surface area contributed by atoms with E-state index < -0.39 is 0 Å². The van der Waals surface area contributed by atoms with E-state index in [-0.39, 0.29) is 5.91 Å². The molecule has 3 rings (SSSR count). The Kier molecular flexibility index (Phi) is 5.76. The van der Waals surface area contributed by atoms with E-state index in [1.165, 1.54) is 0 Å². The van der Waals surface area contributed by atoms with E-state index in [1.54, 1.807) is 18.3 Å². The van der Waals surface area contributed by atoms with Gasteiger partial charge in [-0.25, -0.2) is 4.68 Å². The van der Waals surface area contributed by atoms with Crippen LogP contribution in [0.15, 0.2) is 30.5 Å². The molecule has 2 aromatic rings. The van der Waals surface area contributed by atoms with E-state index in [4.69, 9.17) is 27.9 Å². The monoisotopic (exact) mass is 367 g/mol. The van der Waals surface area contributed by atoms with E-state index >= 15 is 0 Å². The van der Waals surface area contributed by atoms with Gasteiger partial charge in [0.1, 0.15) is 5.82 Å². The van der Waals surface area contributed by atoms with Crippen LogP contribution >= 0.6 is 23.2 Å². The van der Waals surface area contributed by atoms with Crippen molar-refractivity contribution in [3.05, 3.63) is 46.1 Å². The molecule has 1 amide bonds. The Morgan fingerprint density at radius 1 is 1.38 bits per heavy atom. The summed E-state index contributed by atoms with van der Waals surface area (Å²) in [4.78, 5) is 12.2. The largest absolute Gasteiger partial charge is 0.381 e. The number of aryl methyl sites for hydroxylation is 1. The average molecular weight is 368 g/mol. The fourth-order valence-corrected chi connectivity index (χ4v) is 3.17. The number of halogens is 2. The van der Waals surface area contributed by atoms with Gasteiger partial charge in [0.25, 0.3) is 0 Å². The third-order valence-corrected chi connectivity index (χ3v) is 4.95. The van der Waals surface area contributed by atoms with E-state index in [2.05, 4.69) is 10.4 Å². The maximum absolute atomic E-state index is 12.2. The number of carbonyl (C=O) groups excluding carboxylic acids is 1. The van der Waals surface area contributed by atoms with E-state index in [1.807, 2.05) is 16.8 Å². The van der Waals surface area contributed by atoms with E-state index in [9.17, 15) is 4.79 Å². The molecule has 1 aliphatic rings. The second kappa shape index (κ2) is 8.01. The van der Waals surface area contributed by atoms with Crippen molar-refractivity contribution in [2.24, 2.45) is 5.92 Å². The van der Waals surface area contributed by atoms with Gasteiger partial charge in [0.2, 0.25) is 5.91 Å². The molecular weight excluding hydrogens is 349 g/mol. The first-order valence-corrected chi connectivity index (χ1v) is 8.71. The number of amides is 1. The van der Waals surface area contributed by atoms with Crippen molar-refractivity contribution < 1.29 is 9.53 Å². The summed E-state index contributed by atoms with van der Waals surface area (Å²) >= 11 is 12.1. The van der Waals surface area contributed by atoms with Crippen LogP contribution in [0.4, 0.5) is 5.82 Å². The van der Waals surface area contributed by atoms with Crippen LogP contribution in [0.3, 0.4) is 0 Å². The molecule has 5 nitrogen and oxygen atoms in total. The third-order valence-electron chi connectivity index (χ3n) is 4.09. The molecule has 24 heavy (non-hydrogen) atoms. The van der Waals surface area contributed by atoms with Crippen LogP contribution in [0.1, 0.15) is 18.4 Å². The lowest BCUT2D eigenvalue weighted by Gasteiger charge is -2.12. The Bertz CT molecular complexity index is 712. The topological polar surface area (TPSA) is 56.2 Å². The SMILES string of the molecule is O=C(CCc1cccc(Cl)c1Cl)Nc1ccnn1C[C@H]1CCOC1. The molecule has 2 heterocycles. The summed E-state index contributed by atoms with van der Waals surface area (Å²) in [5.74, 6) is 1.09. The molecule has 1 aromatic carbocycles. The quantitative estimate of drug-likeness (QED) is 0.844. The summed E-state index contributed by atoms with van der Waals surface area (Å²) in [6.45, 7) is 2.30. The normalized spacial score (nSPS) is 17.2. The first-order chi connectivity index (χ1) is 11.6. The summed E-state index contributed by atoms with van der Waals surface area (Å²) in [7, 11) is 0. The van der Waals surface area contributed by atoms with Crippen LogP contribution in [-0.4, -0.2) is 28.9 Å². The highest BCUT2D eigenvalue weighted by atomic mass is 35.5. The highest BCUT2D eigenvalue weighted by Crippen LogP contribution is 2.26. The first-order valence-electron chi connectivity index (χ1n) is 7.96. The van der Waals surface area contributed by atoms with Crippen LogP contribution in [-0.2, 0) is 22.5 Å². The summed E-state index contributed by atoms with van der Waals surface area (Å²) in [6, 6.07) is 7.25. The molecule has 7 heteroatoms. The lowest BCUT2D eigenvalue weighted by atomic mass is 10.1. The van der Waals surface area contributed by atoms with Crippen LogP contribution in [0.5, 0.6) is 0 Å². The molecule has 0 spiro atoms. The molecule has 0 radical (unpaired) electrons. The summed E-state index contributed by atoms with van der Waals surface area (Å²) in [5, 5.41) is 8.22. The Morgan fingerprint density at radius 2 is 2.25 bits per heavy atom. The van der Waals surface area contributed by atoms with Gasteiger partial charge in [0.05, 0.1) is 22.8 Å². The highest BCUT2D eigenvalue weighted by Gasteiger charge is 2.18. The summed E-state index contributed by atoms with van der Waals surface area (Å²) in [5.41, 5.74) is 0.871. The van der Waals surface area contributed by atoms with Gasteiger partial charge in [-0.1, -0.05) is 35.3 Å². The molecule has 1 fully saturated rings.